The fourth-order valence-electron chi connectivity index (χ4n) is 1.19. The molecule has 0 aliphatic carbocycles. The third-order valence-corrected chi connectivity index (χ3v) is 2.53. The zero-order chi connectivity index (χ0) is 12.0. The van der Waals surface area contributed by atoms with Gasteiger partial charge in [0.1, 0.15) is 6.61 Å². The summed E-state index contributed by atoms with van der Waals surface area (Å²) >= 11 is 3.37. The van der Waals surface area contributed by atoms with Crippen molar-refractivity contribution in [2.24, 2.45) is 0 Å². The van der Waals surface area contributed by atoms with Gasteiger partial charge in [0.05, 0.1) is 18.2 Å². The standard InChI is InChI=1S/C12H13BrO3/c1-3-4-5-16-12-10(13)6-9(8-14)7-11(12)15-2/h6-7,14H,5,8H2,1-2H3. The molecule has 1 N–H and O–H groups in total. The first-order valence-electron chi connectivity index (χ1n) is 4.72. The van der Waals surface area contributed by atoms with Crippen molar-refractivity contribution < 1.29 is 14.6 Å². The molecule has 0 fully saturated rings. The van der Waals surface area contributed by atoms with E-state index in [0.717, 1.165) is 10.0 Å². The molecule has 0 saturated heterocycles. The highest BCUT2D eigenvalue weighted by Gasteiger charge is 2.10. The molecular weight excluding hydrogens is 272 g/mol. The summed E-state index contributed by atoms with van der Waals surface area (Å²) in [6, 6.07) is 3.52. The van der Waals surface area contributed by atoms with Crippen LogP contribution in [0.2, 0.25) is 0 Å². The lowest BCUT2D eigenvalue weighted by molar-refractivity contribution is 0.279. The van der Waals surface area contributed by atoms with Crippen LogP contribution in [0.15, 0.2) is 16.6 Å². The van der Waals surface area contributed by atoms with Gasteiger partial charge in [-0.1, -0.05) is 5.92 Å². The van der Waals surface area contributed by atoms with E-state index in [2.05, 4.69) is 27.8 Å². The Labute approximate surface area is 104 Å². The Kier molecular flexibility index (Phi) is 5.17. The molecule has 0 atom stereocenters. The van der Waals surface area contributed by atoms with Gasteiger partial charge in [-0.05, 0) is 40.5 Å². The van der Waals surface area contributed by atoms with Crippen molar-refractivity contribution in [3.63, 3.8) is 0 Å². The van der Waals surface area contributed by atoms with Crippen LogP contribution >= 0.6 is 15.9 Å². The highest BCUT2D eigenvalue weighted by Crippen LogP contribution is 2.36. The van der Waals surface area contributed by atoms with E-state index in [1.165, 1.54) is 0 Å². The van der Waals surface area contributed by atoms with Crippen molar-refractivity contribution in [3.8, 4) is 23.3 Å². The van der Waals surface area contributed by atoms with Crippen LogP contribution in [-0.4, -0.2) is 18.8 Å². The van der Waals surface area contributed by atoms with Crippen molar-refractivity contribution in [2.75, 3.05) is 13.7 Å². The fourth-order valence-corrected chi connectivity index (χ4v) is 1.79. The smallest absolute Gasteiger partial charge is 0.176 e. The second-order valence-electron chi connectivity index (χ2n) is 2.98. The number of hydrogen-bond donors (Lipinski definition) is 1. The van der Waals surface area contributed by atoms with E-state index in [1.54, 1.807) is 26.2 Å². The van der Waals surface area contributed by atoms with Gasteiger partial charge in [0.15, 0.2) is 11.5 Å². The van der Waals surface area contributed by atoms with E-state index in [9.17, 15) is 0 Å². The van der Waals surface area contributed by atoms with E-state index in [0.29, 0.717) is 18.1 Å². The summed E-state index contributed by atoms with van der Waals surface area (Å²) in [7, 11) is 1.56. The van der Waals surface area contributed by atoms with Crippen LogP contribution in [0.3, 0.4) is 0 Å². The van der Waals surface area contributed by atoms with E-state index < -0.39 is 0 Å². The van der Waals surface area contributed by atoms with Gasteiger partial charge in [0.2, 0.25) is 0 Å². The van der Waals surface area contributed by atoms with Crippen LogP contribution in [0.1, 0.15) is 12.5 Å². The first-order valence-corrected chi connectivity index (χ1v) is 5.52. The van der Waals surface area contributed by atoms with Gasteiger partial charge in [-0.2, -0.15) is 0 Å². The molecule has 1 aromatic rings. The maximum absolute atomic E-state index is 9.05. The minimum atomic E-state index is -0.0377. The van der Waals surface area contributed by atoms with Gasteiger partial charge in [-0.3, -0.25) is 0 Å². The minimum absolute atomic E-state index is 0.0377. The minimum Gasteiger partial charge on any atom is -0.493 e. The van der Waals surface area contributed by atoms with E-state index >= 15 is 0 Å². The SMILES string of the molecule is CC#CCOc1c(Br)cc(CO)cc1OC. The van der Waals surface area contributed by atoms with Crippen molar-refractivity contribution in [1.29, 1.82) is 0 Å². The van der Waals surface area contributed by atoms with Crippen molar-refractivity contribution in [1.82, 2.24) is 0 Å². The van der Waals surface area contributed by atoms with Gasteiger partial charge >= 0.3 is 0 Å². The van der Waals surface area contributed by atoms with Crippen LogP contribution in [0.4, 0.5) is 0 Å². The summed E-state index contributed by atoms with van der Waals surface area (Å²) in [5, 5.41) is 9.05. The molecule has 1 rings (SSSR count). The third-order valence-electron chi connectivity index (χ3n) is 1.94. The number of methoxy groups -OCH3 is 1. The first kappa shape index (κ1) is 12.9. The van der Waals surface area contributed by atoms with Crippen LogP contribution in [0.5, 0.6) is 11.5 Å². The van der Waals surface area contributed by atoms with E-state index in [1.807, 2.05) is 0 Å². The summed E-state index contributed by atoms with van der Waals surface area (Å²) in [4.78, 5) is 0. The van der Waals surface area contributed by atoms with Crippen LogP contribution < -0.4 is 9.47 Å². The molecule has 0 unspecified atom stereocenters. The van der Waals surface area contributed by atoms with Gasteiger partial charge in [0, 0.05) is 0 Å². The average Bonchev–Trinajstić information content (AvgIpc) is 2.30. The summed E-state index contributed by atoms with van der Waals surface area (Å²) < 4.78 is 11.4. The lowest BCUT2D eigenvalue weighted by Gasteiger charge is -2.12. The van der Waals surface area contributed by atoms with Crippen molar-refractivity contribution >= 4 is 15.9 Å². The van der Waals surface area contributed by atoms with Gasteiger partial charge in [-0.25, -0.2) is 0 Å². The van der Waals surface area contributed by atoms with Gasteiger partial charge in [-0.15, -0.1) is 5.92 Å². The number of hydrogen-bond acceptors (Lipinski definition) is 3. The second-order valence-corrected chi connectivity index (χ2v) is 3.84. The average molecular weight is 285 g/mol. The summed E-state index contributed by atoms with van der Waals surface area (Å²) in [5.74, 6) is 6.73. The molecule has 1 aromatic carbocycles. The Bertz CT molecular complexity index is 418. The topological polar surface area (TPSA) is 38.7 Å². The molecule has 16 heavy (non-hydrogen) atoms. The Hall–Kier alpha value is -1.18. The highest BCUT2D eigenvalue weighted by molar-refractivity contribution is 9.10. The van der Waals surface area contributed by atoms with Crippen LogP contribution in [0.25, 0.3) is 0 Å². The molecule has 86 valence electrons. The molecule has 0 spiro atoms. The molecule has 0 amide bonds. The quantitative estimate of drug-likeness (QED) is 0.863. The molecule has 0 radical (unpaired) electrons. The molecule has 0 aliphatic rings. The molecular formula is C12H13BrO3. The van der Waals surface area contributed by atoms with E-state index in [-0.39, 0.29) is 6.61 Å². The first-order chi connectivity index (χ1) is 7.72. The highest BCUT2D eigenvalue weighted by atomic mass is 79.9. The number of halogens is 1. The molecule has 0 aliphatic heterocycles. The molecule has 0 aromatic heterocycles. The number of aliphatic hydroxyl groups is 1. The largest absolute Gasteiger partial charge is 0.493 e. The van der Waals surface area contributed by atoms with Crippen molar-refractivity contribution in [2.45, 2.75) is 13.5 Å². The lowest BCUT2D eigenvalue weighted by Crippen LogP contribution is -1.99. The molecule has 4 heteroatoms. The van der Waals surface area contributed by atoms with E-state index in [4.69, 9.17) is 14.6 Å². The van der Waals surface area contributed by atoms with Crippen LogP contribution in [-0.2, 0) is 6.61 Å². The zero-order valence-electron chi connectivity index (χ0n) is 9.21. The normalized spacial score (nSPS) is 9.25. The number of rotatable bonds is 4. The number of aliphatic hydroxyl groups excluding tert-OH is 1. The number of ether oxygens (including phenoxy) is 2. The maximum atomic E-state index is 9.05. The molecule has 0 heterocycles. The number of benzene rings is 1. The Morgan fingerprint density at radius 2 is 2.19 bits per heavy atom. The summed E-state index contributed by atoms with van der Waals surface area (Å²) in [5.41, 5.74) is 0.762. The molecule has 0 bridgehead atoms. The predicted molar refractivity (Wildman–Crippen MR) is 65.6 cm³/mol. The zero-order valence-corrected chi connectivity index (χ0v) is 10.8. The van der Waals surface area contributed by atoms with Crippen LogP contribution in [0, 0.1) is 11.8 Å². The van der Waals surface area contributed by atoms with Crippen molar-refractivity contribution in [3.05, 3.63) is 22.2 Å². The Balaban J connectivity index is 2.99. The maximum Gasteiger partial charge on any atom is 0.176 e. The fraction of sp³-hybridized carbons (Fsp3) is 0.333. The third kappa shape index (κ3) is 3.16. The summed E-state index contributed by atoms with van der Waals surface area (Å²) in [6.07, 6.45) is 0. The molecule has 3 nitrogen and oxygen atoms in total. The second kappa shape index (κ2) is 6.41. The summed E-state index contributed by atoms with van der Waals surface area (Å²) in [6.45, 7) is 2.03. The van der Waals surface area contributed by atoms with Gasteiger partial charge < -0.3 is 14.6 Å². The lowest BCUT2D eigenvalue weighted by atomic mass is 10.2. The van der Waals surface area contributed by atoms with Gasteiger partial charge in [0.25, 0.3) is 0 Å². The monoisotopic (exact) mass is 284 g/mol. The Morgan fingerprint density at radius 1 is 1.44 bits per heavy atom. The Morgan fingerprint density at radius 3 is 2.75 bits per heavy atom. The predicted octanol–water partition coefficient (Wildman–Crippen LogP) is 2.35. The molecule has 0 saturated carbocycles.